The van der Waals surface area contributed by atoms with Crippen LogP contribution in [0.4, 0.5) is 0 Å². The van der Waals surface area contributed by atoms with Crippen LogP contribution in [0, 0.1) is 0 Å². The molecule has 0 atom stereocenters. The molecule has 25 heavy (non-hydrogen) atoms. The molecule has 1 aromatic carbocycles. The molecule has 1 fully saturated rings. The summed E-state index contributed by atoms with van der Waals surface area (Å²) in [5.41, 5.74) is 0.869. The van der Waals surface area contributed by atoms with E-state index >= 15 is 0 Å². The number of methoxy groups -OCH3 is 3. The van der Waals surface area contributed by atoms with Gasteiger partial charge in [-0.3, -0.25) is 4.79 Å². The van der Waals surface area contributed by atoms with E-state index in [0.29, 0.717) is 37.6 Å². The maximum atomic E-state index is 12.5. The highest BCUT2D eigenvalue weighted by Gasteiger charge is 2.33. The van der Waals surface area contributed by atoms with E-state index in [0.717, 1.165) is 11.4 Å². The van der Waals surface area contributed by atoms with Gasteiger partial charge in [0.2, 0.25) is 5.91 Å². The second-order valence-corrected chi connectivity index (χ2v) is 5.94. The van der Waals surface area contributed by atoms with Crippen LogP contribution in [0.5, 0.6) is 11.5 Å². The van der Waals surface area contributed by atoms with Gasteiger partial charge < -0.3 is 23.7 Å². The Bertz CT molecular complexity index is 718. The molecule has 0 saturated carbocycles. The van der Waals surface area contributed by atoms with E-state index in [-0.39, 0.29) is 11.9 Å². The number of benzene rings is 1. The average Bonchev–Trinajstić information content (AvgIpc) is 3.01. The summed E-state index contributed by atoms with van der Waals surface area (Å²) in [7, 11) is 4.81. The number of likely N-dealkylation sites (tertiary alicyclic amines) is 1. The van der Waals surface area contributed by atoms with Gasteiger partial charge in [0.15, 0.2) is 5.82 Å². The largest absolute Gasteiger partial charge is 0.497 e. The Labute approximate surface area is 146 Å². The van der Waals surface area contributed by atoms with E-state index in [9.17, 15) is 4.79 Å². The highest BCUT2D eigenvalue weighted by Crippen LogP contribution is 2.26. The molecule has 0 N–H and O–H groups in total. The smallest absolute Gasteiger partial charge is 0.227 e. The van der Waals surface area contributed by atoms with Crippen LogP contribution < -0.4 is 9.47 Å². The Hall–Kier alpha value is -2.61. The third-order valence-corrected chi connectivity index (χ3v) is 4.30. The van der Waals surface area contributed by atoms with Crippen LogP contribution in [0.3, 0.4) is 0 Å². The van der Waals surface area contributed by atoms with Crippen molar-refractivity contribution in [1.29, 1.82) is 0 Å². The predicted molar refractivity (Wildman–Crippen MR) is 89.6 cm³/mol. The Morgan fingerprint density at radius 2 is 1.84 bits per heavy atom. The standard InChI is InChI=1S/C17H22N4O4/c1-23-10-16-19-18-11-21(16)13-8-20(9-13)17(22)6-12-4-14(24-2)7-15(5-12)25-3/h4-5,7,11,13H,6,8-10H2,1-3H3. The molecule has 1 aliphatic heterocycles. The van der Waals surface area contributed by atoms with Crippen LogP contribution in [0.15, 0.2) is 24.5 Å². The molecule has 1 saturated heterocycles. The van der Waals surface area contributed by atoms with Gasteiger partial charge in [0.1, 0.15) is 24.4 Å². The van der Waals surface area contributed by atoms with Crippen LogP contribution in [-0.2, 0) is 22.6 Å². The second-order valence-electron chi connectivity index (χ2n) is 5.94. The van der Waals surface area contributed by atoms with Crippen molar-refractivity contribution in [3.63, 3.8) is 0 Å². The lowest BCUT2D eigenvalue weighted by molar-refractivity contribution is -0.136. The van der Waals surface area contributed by atoms with Crippen molar-refractivity contribution in [2.75, 3.05) is 34.4 Å². The molecule has 134 valence electrons. The molecule has 8 heteroatoms. The summed E-state index contributed by atoms with van der Waals surface area (Å²) in [5, 5.41) is 7.96. The van der Waals surface area contributed by atoms with Crippen molar-refractivity contribution in [2.45, 2.75) is 19.1 Å². The molecule has 0 radical (unpaired) electrons. The minimum atomic E-state index is 0.0768. The van der Waals surface area contributed by atoms with Gasteiger partial charge in [0, 0.05) is 26.3 Å². The predicted octanol–water partition coefficient (Wildman–Crippen LogP) is 1.07. The Morgan fingerprint density at radius 1 is 1.16 bits per heavy atom. The minimum absolute atomic E-state index is 0.0768. The number of carbonyl (C=O) groups is 1. The Kier molecular flexibility index (Phi) is 5.18. The summed E-state index contributed by atoms with van der Waals surface area (Å²) in [6, 6.07) is 5.70. The first-order chi connectivity index (χ1) is 12.1. The fourth-order valence-electron chi connectivity index (χ4n) is 2.89. The monoisotopic (exact) mass is 346 g/mol. The molecule has 3 rings (SSSR count). The summed E-state index contributed by atoms with van der Waals surface area (Å²) in [6.45, 7) is 1.71. The van der Waals surface area contributed by atoms with Gasteiger partial charge in [-0.15, -0.1) is 10.2 Å². The van der Waals surface area contributed by atoms with Gasteiger partial charge in [-0.05, 0) is 17.7 Å². The van der Waals surface area contributed by atoms with Crippen LogP contribution in [-0.4, -0.2) is 60.0 Å². The summed E-state index contributed by atoms with van der Waals surface area (Å²) < 4.78 is 17.6. The molecule has 8 nitrogen and oxygen atoms in total. The SMILES string of the molecule is COCc1nncn1C1CN(C(=O)Cc2cc(OC)cc(OC)c2)C1. The highest BCUT2D eigenvalue weighted by molar-refractivity contribution is 5.80. The highest BCUT2D eigenvalue weighted by atomic mass is 16.5. The second kappa shape index (κ2) is 7.52. The first-order valence-corrected chi connectivity index (χ1v) is 8.01. The maximum absolute atomic E-state index is 12.5. The summed E-state index contributed by atoms with van der Waals surface area (Å²) >= 11 is 0. The molecule has 0 aliphatic carbocycles. The van der Waals surface area contributed by atoms with Gasteiger partial charge in [-0.1, -0.05) is 0 Å². The zero-order valence-electron chi connectivity index (χ0n) is 14.6. The number of hydrogen-bond donors (Lipinski definition) is 0. The number of hydrogen-bond acceptors (Lipinski definition) is 6. The van der Waals surface area contributed by atoms with Crippen molar-refractivity contribution in [3.05, 3.63) is 35.9 Å². The topological polar surface area (TPSA) is 78.7 Å². The average molecular weight is 346 g/mol. The Morgan fingerprint density at radius 3 is 2.44 bits per heavy atom. The molecule has 2 aromatic rings. The third-order valence-electron chi connectivity index (χ3n) is 4.30. The van der Waals surface area contributed by atoms with E-state index < -0.39 is 0 Å². The van der Waals surface area contributed by atoms with Crippen LogP contribution in [0.2, 0.25) is 0 Å². The van der Waals surface area contributed by atoms with Crippen LogP contribution in [0.1, 0.15) is 17.4 Å². The van der Waals surface area contributed by atoms with Crippen molar-refractivity contribution in [1.82, 2.24) is 19.7 Å². The van der Waals surface area contributed by atoms with E-state index in [1.54, 1.807) is 33.7 Å². The van der Waals surface area contributed by atoms with Crippen LogP contribution >= 0.6 is 0 Å². The van der Waals surface area contributed by atoms with E-state index in [2.05, 4.69) is 10.2 Å². The fourth-order valence-corrected chi connectivity index (χ4v) is 2.89. The molecule has 0 bridgehead atoms. The zero-order chi connectivity index (χ0) is 17.8. The summed E-state index contributed by atoms with van der Waals surface area (Å²) in [5.74, 6) is 2.21. The first-order valence-electron chi connectivity index (χ1n) is 8.01. The molecule has 1 amide bonds. The number of aromatic nitrogens is 3. The normalized spacial score (nSPS) is 14.3. The summed E-state index contributed by atoms with van der Waals surface area (Å²) in [6.07, 6.45) is 2.00. The minimum Gasteiger partial charge on any atom is -0.497 e. The molecule has 0 unspecified atom stereocenters. The van der Waals surface area contributed by atoms with Gasteiger partial charge in [-0.25, -0.2) is 0 Å². The van der Waals surface area contributed by atoms with Crippen molar-refractivity contribution >= 4 is 5.91 Å². The molecular formula is C17H22N4O4. The van der Waals surface area contributed by atoms with Gasteiger partial charge in [0.05, 0.1) is 26.7 Å². The third kappa shape index (κ3) is 3.74. The number of rotatable bonds is 7. The fraction of sp³-hybridized carbons (Fsp3) is 0.471. The summed E-state index contributed by atoms with van der Waals surface area (Å²) in [4.78, 5) is 14.3. The molecule has 1 aliphatic rings. The number of ether oxygens (including phenoxy) is 3. The van der Waals surface area contributed by atoms with Gasteiger partial charge in [-0.2, -0.15) is 0 Å². The lowest BCUT2D eigenvalue weighted by Crippen LogP contribution is -2.51. The van der Waals surface area contributed by atoms with Gasteiger partial charge in [0.25, 0.3) is 0 Å². The lowest BCUT2D eigenvalue weighted by atomic mass is 10.1. The molecular weight excluding hydrogens is 324 g/mol. The molecule has 1 aromatic heterocycles. The lowest BCUT2D eigenvalue weighted by Gasteiger charge is -2.40. The van der Waals surface area contributed by atoms with Crippen LogP contribution in [0.25, 0.3) is 0 Å². The van der Waals surface area contributed by atoms with Crippen molar-refractivity contribution in [2.24, 2.45) is 0 Å². The zero-order valence-corrected chi connectivity index (χ0v) is 14.6. The van der Waals surface area contributed by atoms with E-state index in [4.69, 9.17) is 14.2 Å². The van der Waals surface area contributed by atoms with Crippen molar-refractivity contribution in [3.8, 4) is 11.5 Å². The first kappa shape index (κ1) is 17.2. The molecule has 2 heterocycles. The Balaban J connectivity index is 1.60. The quantitative estimate of drug-likeness (QED) is 0.746. The van der Waals surface area contributed by atoms with E-state index in [1.807, 2.05) is 21.6 Å². The molecule has 0 spiro atoms. The number of nitrogens with zero attached hydrogens (tertiary/aromatic N) is 4. The van der Waals surface area contributed by atoms with Gasteiger partial charge >= 0.3 is 0 Å². The number of carbonyl (C=O) groups excluding carboxylic acids is 1. The maximum Gasteiger partial charge on any atom is 0.227 e. The van der Waals surface area contributed by atoms with Crippen molar-refractivity contribution < 1.29 is 19.0 Å². The number of amides is 1. The van der Waals surface area contributed by atoms with E-state index in [1.165, 1.54) is 0 Å².